The number of carboxylic acid groups (broad SMARTS) is 1. The minimum atomic E-state index is -5.08. The second-order valence-electron chi connectivity index (χ2n) is 2.60. The van der Waals surface area contributed by atoms with Crippen molar-refractivity contribution in [3.8, 4) is 0 Å². The van der Waals surface area contributed by atoms with Crippen molar-refractivity contribution in [2.24, 2.45) is 0 Å². The number of aliphatic carboxylic acids is 1. The van der Waals surface area contributed by atoms with Gasteiger partial charge in [0, 0.05) is 6.20 Å². The molecule has 0 amide bonds. The summed E-state index contributed by atoms with van der Waals surface area (Å²) in [6.45, 7) is 0. The number of aromatic nitrogens is 2. The first-order valence-corrected chi connectivity index (χ1v) is 3.87. The lowest BCUT2D eigenvalue weighted by Crippen LogP contribution is -2.21. The monoisotopic (exact) mass is 278 g/mol. The Labute approximate surface area is 94.1 Å². The van der Waals surface area contributed by atoms with Crippen LogP contribution in [0.1, 0.15) is 5.56 Å². The molecule has 1 aromatic heterocycles. The molecule has 0 bridgehead atoms. The molecule has 0 radical (unpaired) electrons. The highest BCUT2D eigenvalue weighted by Crippen LogP contribution is 2.25. The maximum atomic E-state index is 11.8. The molecule has 11 heteroatoms. The smallest absolute Gasteiger partial charge is 0.475 e. The molecule has 0 unspecified atom stereocenters. The number of nitrogens with one attached hydrogen (secondary N) is 1. The number of hydrogen-bond acceptors (Lipinski definition) is 3. The van der Waals surface area contributed by atoms with Gasteiger partial charge in [0.25, 0.3) is 5.56 Å². The molecular formula is C7H4F6N2O3. The summed E-state index contributed by atoms with van der Waals surface area (Å²) in [7, 11) is 0. The number of carboxylic acids is 1. The summed E-state index contributed by atoms with van der Waals surface area (Å²) in [5, 5.41) is 11.9. The standard InChI is InChI=1S/C5H3F3N2O.C2HF3O2/c6-5(7,8)3-1-2-9-10-4(3)11;3-2(4,5)1(6)7/h1-2H,(H,10,11);(H,6,7). The Morgan fingerprint density at radius 1 is 1.22 bits per heavy atom. The summed E-state index contributed by atoms with van der Waals surface area (Å²) >= 11 is 0. The van der Waals surface area contributed by atoms with Gasteiger partial charge in [-0.1, -0.05) is 0 Å². The van der Waals surface area contributed by atoms with Crippen molar-refractivity contribution >= 4 is 5.97 Å². The Morgan fingerprint density at radius 2 is 1.67 bits per heavy atom. The van der Waals surface area contributed by atoms with Gasteiger partial charge in [-0.3, -0.25) is 4.79 Å². The second kappa shape index (κ2) is 5.51. The molecule has 1 rings (SSSR count). The molecule has 0 fully saturated rings. The highest BCUT2D eigenvalue weighted by molar-refractivity contribution is 5.73. The molecule has 0 aliphatic carbocycles. The van der Waals surface area contributed by atoms with Crippen molar-refractivity contribution in [3.63, 3.8) is 0 Å². The Kier molecular flexibility index (Phi) is 4.88. The van der Waals surface area contributed by atoms with Crippen molar-refractivity contribution in [3.05, 3.63) is 28.2 Å². The number of nitrogens with zero attached hydrogens (tertiary/aromatic N) is 1. The van der Waals surface area contributed by atoms with Gasteiger partial charge in [-0.2, -0.15) is 31.4 Å². The van der Waals surface area contributed by atoms with Crippen molar-refractivity contribution < 1.29 is 36.2 Å². The van der Waals surface area contributed by atoms with E-state index in [-0.39, 0.29) is 0 Å². The topological polar surface area (TPSA) is 83.0 Å². The molecule has 102 valence electrons. The lowest BCUT2D eigenvalue weighted by molar-refractivity contribution is -0.192. The Morgan fingerprint density at radius 3 is 1.89 bits per heavy atom. The van der Waals surface area contributed by atoms with Crippen LogP contribution in [-0.4, -0.2) is 27.4 Å². The molecule has 1 heterocycles. The van der Waals surface area contributed by atoms with Crippen molar-refractivity contribution in [1.82, 2.24) is 10.2 Å². The van der Waals surface area contributed by atoms with Gasteiger partial charge in [-0.25, -0.2) is 9.89 Å². The summed E-state index contributed by atoms with van der Waals surface area (Å²) < 4.78 is 67.1. The zero-order chi connectivity index (χ0) is 14.6. The summed E-state index contributed by atoms with van der Waals surface area (Å²) in [5.74, 6) is -2.76. The van der Waals surface area contributed by atoms with Gasteiger partial charge < -0.3 is 5.11 Å². The molecule has 0 spiro atoms. The third-order valence-corrected chi connectivity index (χ3v) is 1.27. The Hall–Kier alpha value is -2.07. The van der Waals surface area contributed by atoms with Gasteiger partial charge >= 0.3 is 18.3 Å². The molecule has 0 aliphatic rings. The van der Waals surface area contributed by atoms with E-state index < -0.39 is 29.4 Å². The van der Waals surface area contributed by atoms with Gasteiger partial charge in [0.05, 0.1) is 0 Å². The highest BCUT2D eigenvalue weighted by atomic mass is 19.4. The van der Waals surface area contributed by atoms with Crippen LogP contribution < -0.4 is 5.56 Å². The minimum absolute atomic E-state index is 0.624. The average molecular weight is 278 g/mol. The van der Waals surface area contributed by atoms with Crippen LogP contribution in [0.2, 0.25) is 0 Å². The molecule has 0 saturated heterocycles. The fourth-order valence-corrected chi connectivity index (χ4v) is 0.567. The normalized spacial score (nSPS) is 11.4. The Bertz CT molecular complexity index is 463. The van der Waals surface area contributed by atoms with E-state index in [1.807, 2.05) is 0 Å². The fraction of sp³-hybridized carbons (Fsp3) is 0.286. The summed E-state index contributed by atoms with van der Waals surface area (Å²) in [5.41, 5.74) is -2.45. The van der Waals surface area contributed by atoms with Gasteiger partial charge in [0.15, 0.2) is 0 Å². The van der Waals surface area contributed by atoms with Gasteiger partial charge in [0.2, 0.25) is 0 Å². The first-order chi connectivity index (χ1) is 7.96. The van der Waals surface area contributed by atoms with E-state index >= 15 is 0 Å². The lowest BCUT2D eigenvalue weighted by atomic mass is 10.3. The molecular weight excluding hydrogens is 274 g/mol. The number of aromatic amines is 1. The molecule has 0 aromatic carbocycles. The molecule has 0 atom stereocenters. The molecule has 5 nitrogen and oxygen atoms in total. The summed E-state index contributed by atoms with van der Waals surface area (Å²) in [6.07, 6.45) is -8.80. The van der Waals surface area contributed by atoms with Crippen LogP contribution in [0.15, 0.2) is 17.1 Å². The quantitative estimate of drug-likeness (QED) is 0.703. The maximum absolute atomic E-state index is 11.8. The zero-order valence-corrected chi connectivity index (χ0v) is 8.13. The van der Waals surface area contributed by atoms with Gasteiger partial charge in [-0.15, -0.1) is 0 Å². The van der Waals surface area contributed by atoms with Crippen LogP contribution in [-0.2, 0) is 11.0 Å². The van der Waals surface area contributed by atoms with E-state index in [4.69, 9.17) is 9.90 Å². The molecule has 1 aromatic rings. The Balaban J connectivity index is 0.000000360. The molecule has 0 saturated carbocycles. The van der Waals surface area contributed by atoms with E-state index in [0.29, 0.717) is 6.07 Å². The van der Waals surface area contributed by atoms with Crippen LogP contribution in [0.3, 0.4) is 0 Å². The number of alkyl halides is 6. The van der Waals surface area contributed by atoms with E-state index in [2.05, 4.69) is 5.10 Å². The third kappa shape index (κ3) is 5.32. The van der Waals surface area contributed by atoms with E-state index in [1.165, 1.54) is 0 Å². The average Bonchev–Trinajstić information content (AvgIpc) is 2.15. The molecule has 0 aliphatic heterocycles. The number of carbonyl (C=O) groups is 1. The second-order valence-corrected chi connectivity index (χ2v) is 2.60. The van der Waals surface area contributed by atoms with Crippen LogP contribution >= 0.6 is 0 Å². The molecule has 18 heavy (non-hydrogen) atoms. The predicted octanol–water partition coefficient (Wildman–Crippen LogP) is 1.42. The number of rotatable bonds is 0. The number of hydrogen-bond donors (Lipinski definition) is 2. The maximum Gasteiger partial charge on any atom is 0.490 e. The third-order valence-electron chi connectivity index (χ3n) is 1.27. The molecule has 2 N–H and O–H groups in total. The van der Waals surface area contributed by atoms with Crippen molar-refractivity contribution in [2.75, 3.05) is 0 Å². The predicted molar refractivity (Wildman–Crippen MR) is 43.6 cm³/mol. The van der Waals surface area contributed by atoms with E-state index in [0.717, 1.165) is 6.20 Å². The summed E-state index contributed by atoms with van der Waals surface area (Å²) in [4.78, 5) is 19.3. The van der Waals surface area contributed by atoms with E-state index in [1.54, 1.807) is 5.10 Å². The highest BCUT2D eigenvalue weighted by Gasteiger charge is 2.38. The van der Waals surface area contributed by atoms with E-state index in [9.17, 15) is 31.1 Å². The zero-order valence-electron chi connectivity index (χ0n) is 8.13. The number of H-pyrrole nitrogens is 1. The first-order valence-electron chi connectivity index (χ1n) is 3.87. The SMILES string of the molecule is O=C(O)C(F)(F)F.O=c1[nH]nccc1C(F)(F)F. The van der Waals surface area contributed by atoms with Crippen molar-refractivity contribution in [1.29, 1.82) is 0 Å². The van der Waals surface area contributed by atoms with Gasteiger partial charge in [-0.05, 0) is 6.07 Å². The van der Waals surface area contributed by atoms with Crippen LogP contribution in [0.5, 0.6) is 0 Å². The van der Waals surface area contributed by atoms with Crippen LogP contribution in [0, 0.1) is 0 Å². The fourth-order valence-electron chi connectivity index (χ4n) is 0.567. The number of halogens is 6. The van der Waals surface area contributed by atoms with Crippen LogP contribution in [0.25, 0.3) is 0 Å². The largest absolute Gasteiger partial charge is 0.490 e. The van der Waals surface area contributed by atoms with Crippen LogP contribution in [0.4, 0.5) is 26.3 Å². The van der Waals surface area contributed by atoms with Crippen molar-refractivity contribution in [2.45, 2.75) is 12.4 Å². The summed E-state index contributed by atoms with van der Waals surface area (Å²) in [6, 6.07) is 0.624. The minimum Gasteiger partial charge on any atom is -0.475 e. The van der Waals surface area contributed by atoms with Gasteiger partial charge in [0.1, 0.15) is 5.56 Å². The first kappa shape index (κ1) is 15.9. The lowest BCUT2D eigenvalue weighted by Gasteiger charge is -2.02.